The standard InChI is InChI=1S/C17H24F3NO4S/c1-15(22)25-13-9-4-2-3-8-12-21(26(23,24)17(18,19)20)14-16-10-6-5-7-11-16/h5-7,10-11H,2-4,8-9,12-14H2,1H3. The Labute approximate surface area is 152 Å². The second-order valence-corrected chi connectivity index (χ2v) is 7.81. The van der Waals surface area contributed by atoms with Crippen LogP contribution in [0.25, 0.3) is 0 Å². The molecule has 0 aromatic heterocycles. The summed E-state index contributed by atoms with van der Waals surface area (Å²) in [6.07, 6.45) is 3.09. The van der Waals surface area contributed by atoms with Gasteiger partial charge in [-0.05, 0) is 18.4 Å². The van der Waals surface area contributed by atoms with E-state index in [-0.39, 0.29) is 19.1 Å². The molecular weight excluding hydrogens is 371 g/mol. The Bertz CT molecular complexity index is 648. The van der Waals surface area contributed by atoms with E-state index in [1.807, 2.05) is 0 Å². The lowest BCUT2D eigenvalue weighted by Gasteiger charge is -2.23. The van der Waals surface area contributed by atoms with E-state index in [1.54, 1.807) is 30.3 Å². The van der Waals surface area contributed by atoms with Crippen LogP contribution in [0.4, 0.5) is 13.2 Å². The van der Waals surface area contributed by atoms with Crippen LogP contribution in [0.1, 0.15) is 44.6 Å². The summed E-state index contributed by atoms with van der Waals surface area (Å²) < 4.78 is 67.5. The van der Waals surface area contributed by atoms with E-state index in [9.17, 15) is 26.4 Å². The Morgan fingerprint density at radius 3 is 2.19 bits per heavy atom. The summed E-state index contributed by atoms with van der Waals surface area (Å²) in [5.74, 6) is -0.348. The molecule has 0 spiro atoms. The largest absolute Gasteiger partial charge is 0.511 e. The summed E-state index contributed by atoms with van der Waals surface area (Å²) in [5, 5.41) is 0. The van der Waals surface area contributed by atoms with E-state index in [2.05, 4.69) is 0 Å². The normalized spacial score (nSPS) is 12.3. The summed E-state index contributed by atoms with van der Waals surface area (Å²) in [7, 11) is -5.37. The predicted octanol–water partition coefficient (Wildman–Crippen LogP) is 3.85. The molecule has 0 bridgehead atoms. The number of sulfonamides is 1. The minimum Gasteiger partial charge on any atom is -0.466 e. The quantitative estimate of drug-likeness (QED) is 0.422. The Hall–Kier alpha value is -1.61. The number of unbranched alkanes of at least 4 members (excludes halogenated alkanes) is 4. The van der Waals surface area contributed by atoms with Crippen LogP contribution >= 0.6 is 0 Å². The Morgan fingerprint density at radius 1 is 1.04 bits per heavy atom. The molecule has 0 radical (unpaired) electrons. The fraction of sp³-hybridized carbons (Fsp3) is 0.588. The lowest BCUT2D eigenvalue weighted by Crippen LogP contribution is -2.40. The smallest absolute Gasteiger partial charge is 0.466 e. The number of hydrogen-bond acceptors (Lipinski definition) is 4. The third kappa shape index (κ3) is 7.74. The maximum atomic E-state index is 12.9. The van der Waals surface area contributed by atoms with Crippen LogP contribution in [0, 0.1) is 0 Å². The molecule has 0 saturated heterocycles. The van der Waals surface area contributed by atoms with Crippen LogP contribution < -0.4 is 0 Å². The molecule has 5 nitrogen and oxygen atoms in total. The highest BCUT2D eigenvalue weighted by Crippen LogP contribution is 2.28. The van der Waals surface area contributed by atoms with Gasteiger partial charge in [-0.25, -0.2) is 8.42 Å². The fourth-order valence-electron chi connectivity index (χ4n) is 2.35. The first-order valence-corrected chi connectivity index (χ1v) is 9.82. The first-order chi connectivity index (χ1) is 12.1. The predicted molar refractivity (Wildman–Crippen MR) is 91.5 cm³/mol. The highest BCUT2D eigenvalue weighted by Gasteiger charge is 2.49. The number of esters is 1. The third-order valence-corrected chi connectivity index (χ3v) is 5.27. The van der Waals surface area contributed by atoms with E-state index >= 15 is 0 Å². The summed E-state index contributed by atoms with van der Waals surface area (Å²) in [6, 6.07) is 8.19. The summed E-state index contributed by atoms with van der Waals surface area (Å²) in [5.41, 5.74) is -4.81. The lowest BCUT2D eigenvalue weighted by atomic mass is 10.1. The van der Waals surface area contributed by atoms with Gasteiger partial charge in [-0.2, -0.15) is 17.5 Å². The van der Waals surface area contributed by atoms with Crippen molar-refractivity contribution in [2.75, 3.05) is 13.2 Å². The molecule has 9 heteroatoms. The maximum Gasteiger partial charge on any atom is 0.511 e. The first kappa shape index (κ1) is 22.4. The Balaban J connectivity index is 2.52. The van der Waals surface area contributed by atoms with Gasteiger partial charge in [0.15, 0.2) is 0 Å². The first-order valence-electron chi connectivity index (χ1n) is 8.38. The van der Waals surface area contributed by atoms with Gasteiger partial charge in [0.1, 0.15) is 0 Å². The number of rotatable bonds is 11. The number of benzene rings is 1. The average Bonchev–Trinajstić information content (AvgIpc) is 2.55. The number of carbonyl (C=O) groups is 1. The Kier molecular flexibility index (Phi) is 9.07. The van der Waals surface area contributed by atoms with Gasteiger partial charge in [-0.3, -0.25) is 4.79 Å². The van der Waals surface area contributed by atoms with E-state index in [4.69, 9.17) is 4.74 Å². The fourth-order valence-corrected chi connectivity index (χ4v) is 3.34. The highest BCUT2D eigenvalue weighted by molar-refractivity contribution is 7.89. The van der Waals surface area contributed by atoms with E-state index < -0.39 is 15.5 Å². The molecule has 1 rings (SSSR count). The van der Waals surface area contributed by atoms with E-state index in [1.165, 1.54) is 6.92 Å². The summed E-state index contributed by atoms with van der Waals surface area (Å²) in [4.78, 5) is 10.6. The zero-order valence-corrected chi connectivity index (χ0v) is 15.5. The van der Waals surface area contributed by atoms with Crippen molar-refractivity contribution >= 4 is 16.0 Å². The van der Waals surface area contributed by atoms with Crippen molar-refractivity contribution in [2.45, 2.75) is 51.1 Å². The number of halogens is 3. The lowest BCUT2D eigenvalue weighted by molar-refractivity contribution is -0.141. The van der Waals surface area contributed by atoms with E-state index in [0.717, 1.165) is 12.8 Å². The highest BCUT2D eigenvalue weighted by atomic mass is 32.2. The third-order valence-electron chi connectivity index (χ3n) is 3.69. The minimum atomic E-state index is -5.37. The van der Waals surface area contributed by atoms with Crippen molar-refractivity contribution in [3.8, 4) is 0 Å². The molecule has 1 aromatic carbocycles. The SMILES string of the molecule is CC(=O)OCCCCCCCN(Cc1ccccc1)S(=O)(=O)C(F)(F)F. The second kappa shape index (κ2) is 10.5. The van der Waals surface area contributed by atoms with Crippen LogP contribution in [-0.2, 0) is 26.1 Å². The monoisotopic (exact) mass is 395 g/mol. The molecule has 0 amide bonds. The average molecular weight is 395 g/mol. The van der Waals surface area contributed by atoms with Crippen LogP contribution in [0.3, 0.4) is 0 Å². The van der Waals surface area contributed by atoms with Crippen molar-refractivity contribution in [1.82, 2.24) is 4.31 Å². The van der Waals surface area contributed by atoms with Crippen molar-refractivity contribution in [2.24, 2.45) is 0 Å². The number of ether oxygens (including phenoxy) is 1. The van der Waals surface area contributed by atoms with Gasteiger partial charge >= 0.3 is 21.5 Å². The second-order valence-electron chi connectivity index (χ2n) is 5.88. The molecule has 0 aliphatic heterocycles. The molecule has 26 heavy (non-hydrogen) atoms. The van der Waals surface area contributed by atoms with Crippen molar-refractivity contribution in [1.29, 1.82) is 0 Å². The number of carbonyl (C=O) groups excluding carboxylic acids is 1. The number of alkyl halides is 3. The van der Waals surface area contributed by atoms with Gasteiger partial charge in [0, 0.05) is 20.0 Å². The zero-order chi connectivity index (χ0) is 19.6. The molecule has 0 saturated carbocycles. The molecule has 0 N–H and O–H groups in total. The van der Waals surface area contributed by atoms with E-state index in [0.29, 0.717) is 35.7 Å². The van der Waals surface area contributed by atoms with Gasteiger partial charge in [0.05, 0.1) is 6.61 Å². The maximum absolute atomic E-state index is 12.9. The summed E-state index contributed by atoms with van der Waals surface area (Å²) >= 11 is 0. The van der Waals surface area contributed by atoms with Crippen LogP contribution in [0.5, 0.6) is 0 Å². The molecule has 0 atom stereocenters. The minimum absolute atomic E-state index is 0.194. The summed E-state index contributed by atoms with van der Waals surface area (Å²) in [6.45, 7) is 1.14. The Morgan fingerprint density at radius 2 is 1.62 bits per heavy atom. The van der Waals surface area contributed by atoms with Crippen LogP contribution in [0.15, 0.2) is 30.3 Å². The molecule has 0 heterocycles. The number of nitrogens with zero attached hydrogens (tertiary/aromatic N) is 1. The van der Waals surface area contributed by atoms with Crippen molar-refractivity contribution in [3.63, 3.8) is 0 Å². The van der Waals surface area contributed by atoms with Crippen LogP contribution in [0.2, 0.25) is 0 Å². The van der Waals surface area contributed by atoms with Crippen LogP contribution in [-0.4, -0.2) is 37.4 Å². The molecule has 0 fully saturated rings. The van der Waals surface area contributed by atoms with Gasteiger partial charge < -0.3 is 4.74 Å². The molecule has 148 valence electrons. The molecule has 0 unspecified atom stereocenters. The zero-order valence-electron chi connectivity index (χ0n) is 14.7. The molecule has 0 aliphatic carbocycles. The molecule has 1 aromatic rings. The van der Waals surface area contributed by atoms with Crippen molar-refractivity contribution < 1.29 is 31.1 Å². The molecule has 0 aliphatic rings. The van der Waals surface area contributed by atoms with Gasteiger partial charge in [-0.15, -0.1) is 0 Å². The number of hydrogen-bond donors (Lipinski definition) is 0. The topological polar surface area (TPSA) is 63.7 Å². The van der Waals surface area contributed by atoms with Crippen molar-refractivity contribution in [3.05, 3.63) is 35.9 Å². The van der Waals surface area contributed by atoms with Gasteiger partial charge in [0.25, 0.3) is 0 Å². The van der Waals surface area contributed by atoms with Gasteiger partial charge in [0.2, 0.25) is 0 Å². The van der Waals surface area contributed by atoms with Gasteiger partial charge in [-0.1, -0.05) is 49.6 Å². The molecular formula is C17H24F3NO4S.